The largest absolute Gasteiger partial charge is 0.494 e. The highest BCUT2D eigenvalue weighted by molar-refractivity contribution is 5.88. The first-order valence-electron chi connectivity index (χ1n) is 8.59. The van der Waals surface area contributed by atoms with Gasteiger partial charge in [0.15, 0.2) is 0 Å². The van der Waals surface area contributed by atoms with E-state index in [0.717, 1.165) is 40.5 Å². The Balaban J connectivity index is 1.87. The van der Waals surface area contributed by atoms with E-state index in [1.807, 2.05) is 30.6 Å². The van der Waals surface area contributed by atoms with Crippen molar-refractivity contribution in [1.82, 2.24) is 9.97 Å². The summed E-state index contributed by atoms with van der Waals surface area (Å²) in [5.74, 6) is 0.840. The number of H-pyrrole nitrogens is 2. The van der Waals surface area contributed by atoms with Crippen LogP contribution in [0.4, 0.5) is 0 Å². The van der Waals surface area contributed by atoms with Gasteiger partial charge in [-0.15, -0.1) is 0 Å². The third kappa shape index (κ3) is 3.37. The second-order valence-electron chi connectivity index (χ2n) is 6.15. The summed E-state index contributed by atoms with van der Waals surface area (Å²) in [6, 6.07) is 6.05. The molecule has 1 aliphatic rings. The van der Waals surface area contributed by atoms with Gasteiger partial charge in [0.05, 0.1) is 29.9 Å². The summed E-state index contributed by atoms with van der Waals surface area (Å²) in [5, 5.41) is 0. The molecule has 3 rings (SSSR count). The second-order valence-corrected chi connectivity index (χ2v) is 6.15. The molecule has 24 heavy (non-hydrogen) atoms. The van der Waals surface area contributed by atoms with Crippen LogP contribution in [0.2, 0.25) is 0 Å². The fraction of sp³-hybridized carbons (Fsp3) is 0.350. The molecule has 0 unspecified atom stereocenters. The van der Waals surface area contributed by atoms with Gasteiger partial charge >= 0.3 is 0 Å². The highest BCUT2D eigenvalue weighted by atomic mass is 16.5. The molecule has 0 bridgehead atoms. The molecular weight excluding hydrogens is 298 g/mol. The predicted octanol–water partition coefficient (Wildman–Crippen LogP) is 5.34. The zero-order chi connectivity index (χ0) is 16.9. The summed E-state index contributed by atoms with van der Waals surface area (Å²) in [4.78, 5) is 11.3. The summed E-state index contributed by atoms with van der Waals surface area (Å²) in [6.45, 7) is 4.32. The molecular formula is C20H25N3O. The lowest BCUT2D eigenvalue weighted by Crippen LogP contribution is -1.89. The normalized spacial score (nSPS) is 15.7. The van der Waals surface area contributed by atoms with Crippen molar-refractivity contribution in [3.8, 4) is 17.1 Å². The quantitative estimate of drug-likeness (QED) is 0.664. The Kier molecular flexibility index (Phi) is 5.04. The summed E-state index contributed by atoms with van der Waals surface area (Å²) >= 11 is 0. The topological polar surface area (TPSA) is 53.2 Å². The fourth-order valence-corrected chi connectivity index (χ4v) is 2.97. The van der Waals surface area contributed by atoms with Crippen LogP contribution in [-0.2, 0) is 0 Å². The van der Waals surface area contributed by atoms with E-state index >= 15 is 0 Å². The van der Waals surface area contributed by atoms with Gasteiger partial charge in [-0.1, -0.05) is 19.8 Å². The first-order valence-corrected chi connectivity index (χ1v) is 8.59. The van der Waals surface area contributed by atoms with Gasteiger partial charge < -0.3 is 14.7 Å². The molecule has 2 aromatic rings. The summed E-state index contributed by atoms with van der Waals surface area (Å²) in [7, 11) is 1.70. The Hall–Kier alpha value is -2.49. The van der Waals surface area contributed by atoms with Gasteiger partial charge in [-0.05, 0) is 43.5 Å². The molecule has 0 spiro atoms. The van der Waals surface area contributed by atoms with Crippen LogP contribution >= 0.6 is 0 Å². The standard InChI is InChI=1S/C20H25N3O/c1-4-5-6-8-15-11-17(22-13-15)14(2)20-19(24-3)12-18(23-20)16-9-7-10-21-16/h7,9-13,21,23H,4-6,8H2,1-3H3/b17-14+. The molecule has 3 heterocycles. The Bertz CT molecular complexity index is 776. The Morgan fingerprint density at radius 1 is 1.25 bits per heavy atom. The van der Waals surface area contributed by atoms with Crippen LogP contribution in [0.25, 0.3) is 17.0 Å². The van der Waals surface area contributed by atoms with Crippen LogP contribution in [-0.4, -0.2) is 23.3 Å². The lowest BCUT2D eigenvalue weighted by molar-refractivity contribution is 0.414. The van der Waals surface area contributed by atoms with Gasteiger partial charge in [0.25, 0.3) is 0 Å². The summed E-state index contributed by atoms with van der Waals surface area (Å²) in [5.41, 5.74) is 6.48. The van der Waals surface area contributed by atoms with Crippen LogP contribution in [0.15, 0.2) is 46.7 Å². The van der Waals surface area contributed by atoms with Crippen molar-refractivity contribution in [2.45, 2.75) is 39.5 Å². The van der Waals surface area contributed by atoms with Crippen molar-refractivity contribution >= 4 is 11.8 Å². The molecule has 0 fully saturated rings. The molecule has 2 N–H and O–H groups in total. The van der Waals surface area contributed by atoms with Gasteiger partial charge in [-0.3, -0.25) is 4.99 Å². The molecule has 0 saturated carbocycles. The number of nitrogens with one attached hydrogen (secondary N) is 2. The van der Waals surface area contributed by atoms with E-state index in [9.17, 15) is 0 Å². The molecule has 0 aromatic carbocycles. The third-order valence-corrected chi connectivity index (χ3v) is 4.41. The summed E-state index contributed by atoms with van der Waals surface area (Å²) < 4.78 is 5.56. The van der Waals surface area contributed by atoms with Crippen molar-refractivity contribution in [1.29, 1.82) is 0 Å². The second kappa shape index (κ2) is 7.39. The molecule has 126 valence electrons. The lowest BCUT2D eigenvalue weighted by atomic mass is 10.1. The van der Waals surface area contributed by atoms with Crippen LogP contribution in [0.5, 0.6) is 5.75 Å². The number of unbranched alkanes of at least 4 members (excludes halogenated alkanes) is 2. The minimum atomic E-state index is 0.840. The zero-order valence-corrected chi connectivity index (χ0v) is 14.6. The SMILES string of the molecule is CCCCCC1=C/C(=C(/C)c2[nH]c(-c3ccc[nH]3)cc2OC)N=C1. The number of aliphatic imine (C=N–C) groups is 1. The van der Waals surface area contributed by atoms with E-state index in [4.69, 9.17) is 4.74 Å². The van der Waals surface area contributed by atoms with E-state index < -0.39 is 0 Å². The number of ether oxygens (including phenoxy) is 1. The average Bonchev–Trinajstić information content (AvgIpc) is 3.33. The first kappa shape index (κ1) is 16.4. The first-order chi connectivity index (χ1) is 11.7. The molecule has 0 amide bonds. The van der Waals surface area contributed by atoms with Crippen molar-refractivity contribution in [2.75, 3.05) is 7.11 Å². The van der Waals surface area contributed by atoms with Crippen molar-refractivity contribution in [2.24, 2.45) is 4.99 Å². The lowest BCUT2D eigenvalue weighted by Gasteiger charge is -2.04. The molecule has 4 heteroatoms. The minimum Gasteiger partial charge on any atom is -0.494 e. The average molecular weight is 323 g/mol. The third-order valence-electron chi connectivity index (χ3n) is 4.41. The number of allylic oxidation sites excluding steroid dienone is 3. The maximum absolute atomic E-state index is 5.56. The van der Waals surface area contributed by atoms with Crippen LogP contribution < -0.4 is 4.74 Å². The maximum atomic E-state index is 5.56. The predicted molar refractivity (Wildman–Crippen MR) is 100 cm³/mol. The van der Waals surface area contributed by atoms with E-state index in [2.05, 4.69) is 34.9 Å². The highest BCUT2D eigenvalue weighted by Gasteiger charge is 2.16. The van der Waals surface area contributed by atoms with Crippen molar-refractivity contribution in [3.05, 3.63) is 47.4 Å². The summed E-state index contributed by atoms with van der Waals surface area (Å²) in [6.07, 6.45) is 10.9. The van der Waals surface area contributed by atoms with Gasteiger partial charge in [-0.25, -0.2) is 0 Å². The minimum absolute atomic E-state index is 0.840. The number of hydrogen-bond acceptors (Lipinski definition) is 2. The molecule has 2 aromatic heterocycles. The number of methoxy groups -OCH3 is 1. The Labute approximate surface area is 143 Å². The molecule has 0 atom stereocenters. The zero-order valence-electron chi connectivity index (χ0n) is 14.6. The van der Waals surface area contributed by atoms with Crippen LogP contribution in [0, 0.1) is 0 Å². The van der Waals surface area contributed by atoms with Crippen molar-refractivity contribution in [3.63, 3.8) is 0 Å². The molecule has 0 aliphatic carbocycles. The molecule has 4 nitrogen and oxygen atoms in total. The maximum Gasteiger partial charge on any atom is 0.144 e. The molecule has 0 radical (unpaired) electrons. The Morgan fingerprint density at radius 3 is 2.83 bits per heavy atom. The van der Waals surface area contributed by atoms with Crippen LogP contribution in [0.1, 0.15) is 45.2 Å². The fourth-order valence-electron chi connectivity index (χ4n) is 2.97. The van der Waals surface area contributed by atoms with Gasteiger partial charge in [0, 0.05) is 24.1 Å². The number of aromatic nitrogens is 2. The van der Waals surface area contributed by atoms with E-state index in [1.54, 1.807) is 7.11 Å². The smallest absolute Gasteiger partial charge is 0.144 e. The highest BCUT2D eigenvalue weighted by Crippen LogP contribution is 2.34. The van der Waals surface area contributed by atoms with Crippen LogP contribution in [0.3, 0.4) is 0 Å². The Morgan fingerprint density at radius 2 is 2.12 bits per heavy atom. The number of hydrogen-bond donors (Lipinski definition) is 2. The monoisotopic (exact) mass is 323 g/mol. The number of nitrogens with zero attached hydrogens (tertiary/aromatic N) is 1. The number of aromatic amines is 2. The van der Waals surface area contributed by atoms with Gasteiger partial charge in [0.1, 0.15) is 5.75 Å². The van der Waals surface area contributed by atoms with Gasteiger partial charge in [-0.2, -0.15) is 0 Å². The van der Waals surface area contributed by atoms with Crippen molar-refractivity contribution < 1.29 is 4.74 Å². The van der Waals surface area contributed by atoms with E-state index in [-0.39, 0.29) is 0 Å². The molecule has 0 saturated heterocycles. The van der Waals surface area contributed by atoms with E-state index in [1.165, 1.54) is 24.8 Å². The number of rotatable bonds is 7. The van der Waals surface area contributed by atoms with E-state index in [0.29, 0.717) is 0 Å². The molecule has 1 aliphatic heterocycles. The van der Waals surface area contributed by atoms with Gasteiger partial charge in [0.2, 0.25) is 0 Å².